The van der Waals surface area contributed by atoms with E-state index in [1.54, 1.807) is 12.4 Å². The zero-order valence-electron chi connectivity index (χ0n) is 17.3. The molecule has 0 unspecified atom stereocenters. The summed E-state index contributed by atoms with van der Waals surface area (Å²) in [5.74, 6) is 0.924. The molecule has 1 amide bonds. The normalized spacial score (nSPS) is 18.6. The number of nitrogens with zero attached hydrogens (tertiary/aromatic N) is 4. The number of morpholine rings is 1. The third-order valence-corrected chi connectivity index (χ3v) is 5.75. The maximum Gasteiger partial charge on any atom is 0.241 e. The zero-order valence-corrected chi connectivity index (χ0v) is 17.3. The van der Waals surface area contributed by atoms with Gasteiger partial charge in [-0.2, -0.15) is 0 Å². The van der Waals surface area contributed by atoms with Crippen LogP contribution in [0.3, 0.4) is 0 Å². The van der Waals surface area contributed by atoms with Crippen molar-refractivity contribution in [2.24, 2.45) is 0 Å². The number of hydrogen-bond donors (Lipinski definition) is 1. The molecule has 1 fully saturated rings. The minimum absolute atomic E-state index is 0.142. The van der Waals surface area contributed by atoms with Gasteiger partial charge >= 0.3 is 0 Å². The van der Waals surface area contributed by atoms with E-state index in [0.29, 0.717) is 19.7 Å². The fourth-order valence-electron chi connectivity index (χ4n) is 4.15. The van der Waals surface area contributed by atoms with Gasteiger partial charge < -0.3 is 15.0 Å². The number of para-hydroxylation sites is 1. The van der Waals surface area contributed by atoms with Crippen molar-refractivity contribution in [3.05, 3.63) is 78.2 Å². The molecule has 1 saturated heterocycles. The van der Waals surface area contributed by atoms with Crippen molar-refractivity contribution in [1.29, 1.82) is 0 Å². The number of anilines is 3. The van der Waals surface area contributed by atoms with E-state index in [2.05, 4.69) is 26.3 Å². The fraction of sp³-hybridized carbons (Fsp3) is 0.292. The molecular formula is C24H25N5O2. The number of carbonyl (C=O) groups excluding carboxylic acids is 1. The lowest BCUT2D eigenvalue weighted by atomic mass is 10.1. The molecule has 3 aromatic rings. The van der Waals surface area contributed by atoms with Gasteiger partial charge in [-0.05, 0) is 42.3 Å². The van der Waals surface area contributed by atoms with Crippen molar-refractivity contribution >= 4 is 23.1 Å². The number of aromatic nitrogens is 2. The van der Waals surface area contributed by atoms with Gasteiger partial charge in [-0.3, -0.25) is 14.7 Å². The summed E-state index contributed by atoms with van der Waals surface area (Å²) in [5, 5.41) is 3.23. The zero-order chi connectivity index (χ0) is 21.0. The monoisotopic (exact) mass is 415 g/mol. The third kappa shape index (κ3) is 4.42. The highest BCUT2D eigenvalue weighted by Crippen LogP contribution is 2.28. The van der Waals surface area contributed by atoms with Gasteiger partial charge in [0.15, 0.2) is 0 Å². The molecule has 2 aromatic heterocycles. The molecule has 0 saturated carbocycles. The molecule has 7 heteroatoms. The molecule has 0 aliphatic carbocycles. The number of pyridine rings is 2. The molecule has 0 spiro atoms. The second-order valence-electron chi connectivity index (χ2n) is 7.83. The lowest BCUT2D eigenvalue weighted by Crippen LogP contribution is -2.45. The Kier molecular flexibility index (Phi) is 5.60. The quantitative estimate of drug-likeness (QED) is 0.690. The van der Waals surface area contributed by atoms with Crippen molar-refractivity contribution in [1.82, 2.24) is 14.9 Å². The molecule has 0 bridgehead atoms. The van der Waals surface area contributed by atoms with Crippen LogP contribution in [0.2, 0.25) is 0 Å². The molecule has 1 aromatic carbocycles. The van der Waals surface area contributed by atoms with Crippen LogP contribution in [0.25, 0.3) is 0 Å². The van der Waals surface area contributed by atoms with E-state index in [1.165, 1.54) is 5.56 Å². The Morgan fingerprint density at radius 2 is 1.97 bits per heavy atom. The highest BCUT2D eigenvalue weighted by atomic mass is 16.5. The van der Waals surface area contributed by atoms with Crippen molar-refractivity contribution < 1.29 is 9.53 Å². The second-order valence-corrected chi connectivity index (χ2v) is 7.83. The topological polar surface area (TPSA) is 70.6 Å². The molecule has 2 aliphatic heterocycles. The molecule has 2 aliphatic rings. The van der Waals surface area contributed by atoms with E-state index < -0.39 is 0 Å². The van der Waals surface area contributed by atoms with Gasteiger partial charge in [0.25, 0.3) is 0 Å². The number of rotatable bonds is 5. The van der Waals surface area contributed by atoms with Crippen molar-refractivity contribution in [2.45, 2.75) is 12.5 Å². The average molecular weight is 415 g/mol. The first-order valence-electron chi connectivity index (χ1n) is 10.6. The number of benzene rings is 1. The maximum absolute atomic E-state index is 13.0. The Balaban J connectivity index is 1.20. The molecule has 158 valence electrons. The molecule has 31 heavy (non-hydrogen) atoms. The molecular weight excluding hydrogens is 390 g/mol. The van der Waals surface area contributed by atoms with Crippen LogP contribution in [-0.4, -0.2) is 53.6 Å². The summed E-state index contributed by atoms with van der Waals surface area (Å²) in [6.07, 6.45) is 4.32. The highest BCUT2D eigenvalue weighted by molar-refractivity contribution is 5.96. The van der Waals surface area contributed by atoms with Crippen LogP contribution in [0.4, 0.5) is 17.2 Å². The summed E-state index contributed by atoms with van der Waals surface area (Å²) in [4.78, 5) is 25.9. The highest BCUT2D eigenvalue weighted by Gasteiger charge is 2.29. The largest absolute Gasteiger partial charge is 0.369 e. The van der Waals surface area contributed by atoms with Crippen molar-refractivity contribution in [3.8, 4) is 0 Å². The lowest BCUT2D eigenvalue weighted by molar-refractivity contribution is -0.121. The standard InChI is InChI=1S/C24H25N5O2/c30-24(29-12-10-18-5-1-2-6-21(18)29)17-28-13-14-31-22(16-28)20-9-8-19(15-26-20)27-23-7-3-4-11-25-23/h1-9,11,15,22H,10,12-14,16-17H2,(H,25,27)/t22-/m0/s1. The van der Waals surface area contributed by atoms with Crippen LogP contribution in [0.5, 0.6) is 0 Å². The summed E-state index contributed by atoms with van der Waals surface area (Å²) >= 11 is 0. The first-order chi connectivity index (χ1) is 15.3. The van der Waals surface area contributed by atoms with Crippen molar-refractivity contribution in [2.75, 3.05) is 43.0 Å². The Labute approximate surface area is 181 Å². The Bertz CT molecular complexity index is 1040. The van der Waals surface area contributed by atoms with E-state index in [1.807, 2.05) is 53.4 Å². The molecule has 1 N–H and O–H groups in total. The van der Waals surface area contributed by atoms with Gasteiger partial charge in [-0.1, -0.05) is 24.3 Å². The van der Waals surface area contributed by atoms with Gasteiger partial charge in [0.05, 0.1) is 30.7 Å². The minimum Gasteiger partial charge on any atom is -0.369 e. The van der Waals surface area contributed by atoms with Crippen LogP contribution < -0.4 is 10.2 Å². The Hall–Kier alpha value is -3.29. The summed E-state index contributed by atoms with van der Waals surface area (Å²) < 4.78 is 5.95. The van der Waals surface area contributed by atoms with Gasteiger partial charge in [-0.15, -0.1) is 0 Å². The smallest absolute Gasteiger partial charge is 0.241 e. The number of amides is 1. The van der Waals surface area contributed by atoms with Crippen LogP contribution in [0, 0.1) is 0 Å². The van der Waals surface area contributed by atoms with Gasteiger partial charge in [0.1, 0.15) is 11.9 Å². The van der Waals surface area contributed by atoms with E-state index >= 15 is 0 Å². The predicted molar refractivity (Wildman–Crippen MR) is 119 cm³/mol. The number of fused-ring (bicyclic) bond motifs is 1. The first kappa shape index (κ1) is 19.7. The molecule has 7 nitrogen and oxygen atoms in total. The first-order valence-corrected chi connectivity index (χ1v) is 10.6. The van der Waals surface area contributed by atoms with Crippen LogP contribution in [0.1, 0.15) is 17.4 Å². The molecule has 4 heterocycles. The van der Waals surface area contributed by atoms with Crippen LogP contribution in [-0.2, 0) is 16.0 Å². The Morgan fingerprint density at radius 3 is 2.81 bits per heavy atom. The second kappa shape index (κ2) is 8.83. The molecule has 0 radical (unpaired) electrons. The van der Waals surface area contributed by atoms with E-state index in [9.17, 15) is 4.79 Å². The van der Waals surface area contributed by atoms with Crippen LogP contribution in [0.15, 0.2) is 67.0 Å². The fourth-order valence-corrected chi connectivity index (χ4v) is 4.15. The third-order valence-electron chi connectivity index (χ3n) is 5.75. The predicted octanol–water partition coefficient (Wildman–Crippen LogP) is 3.18. The van der Waals surface area contributed by atoms with Gasteiger partial charge in [0, 0.05) is 31.5 Å². The van der Waals surface area contributed by atoms with Gasteiger partial charge in [-0.25, -0.2) is 4.98 Å². The van der Waals surface area contributed by atoms with E-state index in [0.717, 1.165) is 42.4 Å². The summed E-state index contributed by atoms with van der Waals surface area (Å²) in [6, 6.07) is 17.8. The summed E-state index contributed by atoms with van der Waals surface area (Å²) in [7, 11) is 0. The van der Waals surface area contributed by atoms with Gasteiger partial charge in [0.2, 0.25) is 5.91 Å². The molecule has 5 rings (SSSR count). The lowest BCUT2D eigenvalue weighted by Gasteiger charge is -2.33. The SMILES string of the molecule is O=C(CN1CCO[C@H](c2ccc(Nc3ccccn3)cn2)C1)N1CCc2ccccc21. The number of hydrogen-bond acceptors (Lipinski definition) is 6. The summed E-state index contributed by atoms with van der Waals surface area (Å²) in [6.45, 7) is 3.15. The summed E-state index contributed by atoms with van der Waals surface area (Å²) in [5.41, 5.74) is 4.04. The average Bonchev–Trinajstić information content (AvgIpc) is 3.25. The Morgan fingerprint density at radius 1 is 1.06 bits per heavy atom. The number of ether oxygens (including phenoxy) is 1. The van der Waals surface area contributed by atoms with E-state index in [-0.39, 0.29) is 12.0 Å². The van der Waals surface area contributed by atoms with Crippen LogP contribution >= 0.6 is 0 Å². The van der Waals surface area contributed by atoms with Crippen molar-refractivity contribution in [3.63, 3.8) is 0 Å². The minimum atomic E-state index is -0.142. The molecule has 1 atom stereocenters. The van der Waals surface area contributed by atoms with E-state index in [4.69, 9.17) is 4.74 Å². The number of carbonyl (C=O) groups is 1. The maximum atomic E-state index is 13.0. The number of nitrogens with one attached hydrogen (secondary N) is 1.